The van der Waals surface area contributed by atoms with E-state index in [0.717, 1.165) is 5.52 Å². The molecule has 1 saturated carbocycles. The molecule has 1 fully saturated rings. The van der Waals surface area contributed by atoms with E-state index in [9.17, 15) is 0 Å². The number of hydrogen-bond donors (Lipinski definition) is 0. The fourth-order valence-corrected chi connectivity index (χ4v) is 2.45. The van der Waals surface area contributed by atoms with E-state index in [1.54, 1.807) is 0 Å². The summed E-state index contributed by atoms with van der Waals surface area (Å²) in [5.41, 5.74) is 2.14. The van der Waals surface area contributed by atoms with Crippen molar-refractivity contribution in [3.05, 3.63) is 24.8 Å². The Bertz CT molecular complexity index is 455. The molecule has 2 aromatic rings. The van der Waals surface area contributed by atoms with Gasteiger partial charge in [-0.2, -0.15) is 0 Å². The van der Waals surface area contributed by atoms with Gasteiger partial charge in [0.25, 0.3) is 0 Å². The minimum absolute atomic E-state index is 0.603. The van der Waals surface area contributed by atoms with Gasteiger partial charge in [0, 0.05) is 12.2 Å². The van der Waals surface area contributed by atoms with Crippen LogP contribution < -0.4 is 0 Å². The molecule has 2 heterocycles. The molecule has 0 amide bonds. The lowest BCUT2D eigenvalue weighted by Crippen LogP contribution is -2.11. The molecule has 15 heavy (non-hydrogen) atoms. The summed E-state index contributed by atoms with van der Waals surface area (Å²) in [4.78, 5) is 8.34. The van der Waals surface area contributed by atoms with Crippen LogP contribution in [-0.2, 0) is 0 Å². The molecule has 3 nitrogen and oxygen atoms in total. The van der Waals surface area contributed by atoms with Crippen LogP contribution in [0.5, 0.6) is 0 Å². The van der Waals surface area contributed by atoms with Gasteiger partial charge in [-0.15, -0.1) is 0 Å². The van der Waals surface area contributed by atoms with Crippen LogP contribution in [0.3, 0.4) is 0 Å². The van der Waals surface area contributed by atoms with Crippen LogP contribution in [0.2, 0.25) is 0 Å². The zero-order chi connectivity index (χ0) is 10.1. The van der Waals surface area contributed by atoms with Gasteiger partial charge in [-0.1, -0.05) is 19.3 Å². The van der Waals surface area contributed by atoms with Crippen LogP contribution in [-0.4, -0.2) is 14.5 Å². The van der Waals surface area contributed by atoms with Gasteiger partial charge < -0.3 is 4.57 Å². The highest BCUT2D eigenvalue weighted by Gasteiger charge is 2.17. The SMILES string of the molecule is [c]1nc2cnccc2n1C1CCCCC1. The van der Waals surface area contributed by atoms with Crippen molar-refractivity contribution >= 4 is 11.0 Å². The summed E-state index contributed by atoms with van der Waals surface area (Å²) in [5, 5.41) is 0. The molecule has 2 aromatic heterocycles. The maximum atomic E-state index is 4.27. The highest BCUT2D eigenvalue weighted by molar-refractivity contribution is 5.73. The minimum Gasteiger partial charge on any atom is -0.318 e. The first kappa shape index (κ1) is 8.89. The Morgan fingerprint density at radius 2 is 2.13 bits per heavy atom. The number of aromatic nitrogens is 3. The molecule has 0 aliphatic heterocycles. The van der Waals surface area contributed by atoms with Crippen LogP contribution in [0.25, 0.3) is 11.0 Å². The molecule has 0 unspecified atom stereocenters. The van der Waals surface area contributed by atoms with Crippen molar-refractivity contribution in [2.24, 2.45) is 0 Å². The molecular weight excluding hydrogens is 186 g/mol. The number of rotatable bonds is 1. The van der Waals surface area contributed by atoms with E-state index in [2.05, 4.69) is 20.9 Å². The highest BCUT2D eigenvalue weighted by Crippen LogP contribution is 2.30. The van der Waals surface area contributed by atoms with E-state index in [4.69, 9.17) is 0 Å². The first-order chi connectivity index (χ1) is 7.45. The van der Waals surface area contributed by atoms with Crippen LogP contribution in [0.4, 0.5) is 0 Å². The summed E-state index contributed by atoms with van der Waals surface area (Å²) in [7, 11) is 0. The van der Waals surface area contributed by atoms with Crippen LogP contribution in [0.1, 0.15) is 38.1 Å². The molecule has 3 heteroatoms. The Kier molecular flexibility index (Phi) is 2.16. The molecule has 77 valence electrons. The Balaban J connectivity index is 2.02. The van der Waals surface area contributed by atoms with Gasteiger partial charge in [0.05, 0.1) is 11.7 Å². The van der Waals surface area contributed by atoms with Crippen LogP contribution in [0, 0.1) is 6.33 Å². The van der Waals surface area contributed by atoms with E-state index in [1.165, 1.54) is 37.6 Å². The van der Waals surface area contributed by atoms with E-state index >= 15 is 0 Å². The second-order valence-electron chi connectivity index (χ2n) is 4.24. The van der Waals surface area contributed by atoms with Crippen molar-refractivity contribution < 1.29 is 0 Å². The van der Waals surface area contributed by atoms with Gasteiger partial charge >= 0.3 is 0 Å². The van der Waals surface area contributed by atoms with Crippen LogP contribution in [0.15, 0.2) is 18.5 Å². The van der Waals surface area contributed by atoms with Gasteiger partial charge in [-0.3, -0.25) is 4.98 Å². The summed E-state index contributed by atoms with van der Waals surface area (Å²) >= 11 is 0. The third-order valence-corrected chi connectivity index (χ3v) is 3.26. The number of imidazole rings is 1. The minimum atomic E-state index is 0.603. The summed E-state index contributed by atoms with van der Waals surface area (Å²) in [6, 6.07) is 2.64. The zero-order valence-electron chi connectivity index (χ0n) is 8.69. The maximum absolute atomic E-state index is 4.27. The summed E-state index contributed by atoms with van der Waals surface area (Å²) in [5.74, 6) is 0. The van der Waals surface area contributed by atoms with Gasteiger partial charge in [0.1, 0.15) is 5.52 Å². The Morgan fingerprint density at radius 3 is 3.00 bits per heavy atom. The fraction of sp³-hybridized carbons (Fsp3) is 0.500. The molecule has 0 saturated heterocycles. The van der Waals surface area contributed by atoms with Crippen molar-refractivity contribution in [1.82, 2.24) is 14.5 Å². The lowest BCUT2D eigenvalue weighted by Gasteiger charge is -2.23. The quantitative estimate of drug-likeness (QED) is 0.708. The Morgan fingerprint density at radius 1 is 1.27 bits per heavy atom. The Labute approximate surface area is 89.2 Å². The smallest absolute Gasteiger partial charge is 0.177 e. The Hall–Kier alpha value is -1.38. The molecule has 1 aliphatic carbocycles. The molecule has 0 spiro atoms. The van der Waals surface area contributed by atoms with Gasteiger partial charge in [0.2, 0.25) is 0 Å². The molecule has 3 rings (SSSR count). The van der Waals surface area contributed by atoms with Gasteiger partial charge in [0.15, 0.2) is 6.33 Å². The average Bonchev–Trinajstić information content (AvgIpc) is 2.74. The van der Waals surface area contributed by atoms with E-state index in [-0.39, 0.29) is 0 Å². The first-order valence-electron chi connectivity index (χ1n) is 5.65. The second-order valence-corrected chi connectivity index (χ2v) is 4.24. The van der Waals surface area contributed by atoms with E-state index in [0.29, 0.717) is 6.04 Å². The molecular formula is C12H14N3. The second kappa shape index (κ2) is 3.65. The summed E-state index contributed by atoms with van der Waals surface area (Å²) in [6.07, 6.45) is 13.3. The normalized spacial score (nSPS) is 18.4. The molecule has 0 N–H and O–H groups in total. The van der Waals surface area contributed by atoms with Gasteiger partial charge in [-0.05, 0) is 18.9 Å². The van der Waals surface area contributed by atoms with Crippen molar-refractivity contribution in [2.75, 3.05) is 0 Å². The molecule has 0 aromatic carbocycles. The molecule has 0 atom stereocenters. The maximum Gasteiger partial charge on any atom is 0.177 e. The molecule has 0 bridgehead atoms. The average molecular weight is 200 g/mol. The number of pyridine rings is 1. The summed E-state index contributed by atoms with van der Waals surface area (Å²) < 4.78 is 2.20. The topological polar surface area (TPSA) is 30.7 Å². The van der Waals surface area contributed by atoms with Crippen molar-refractivity contribution in [3.8, 4) is 0 Å². The predicted molar refractivity (Wildman–Crippen MR) is 58.5 cm³/mol. The zero-order valence-corrected chi connectivity index (χ0v) is 8.69. The van der Waals surface area contributed by atoms with E-state index < -0.39 is 0 Å². The van der Waals surface area contributed by atoms with Crippen molar-refractivity contribution in [3.63, 3.8) is 0 Å². The van der Waals surface area contributed by atoms with Crippen LogP contribution >= 0.6 is 0 Å². The lowest BCUT2D eigenvalue weighted by atomic mass is 9.95. The number of fused-ring (bicyclic) bond motifs is 1. The van der Waals surface area contributed by atoms with Gasteiger partial charge in [-0.25, -0.2) is 4.98 Å². The lowest BCUT2D eigenvalue weighted by molar-refractivity contribution is 0.358. The number of nitrogens with zero attached hydrogens (tertiary/aromatic N) is 3. The standard InChI is InChI=1S/C12H14N3/c1-2-4-10(5-3-1)15-9-14-11-8-13-7-6-12(11)15/h6-8,10H,1-5H2. The molecule has 1 aliphatic rings. The van der Waals surface area contributed by atoms with Crippen molar-refractivity contribution in [2.45, 2.75) is 38.1 Å². The number of hydrogen-bond acceptors (Lipinski definition) is 2. The monoisotopic (exact) mass is 200 g/mol. The fourth-order valence-electron chi connectivity index (χ4n) is 2.45. The highest BCUT2D eigenvalue weighted by atomic mass is 15.1. The third kappa shape index (κ3) is 1.52. The third-order valence-electron chi connectivity index (χ3n) is 3.26. The largest absolute Gasteiger partial charge is 0.318 e. The van der Waals surface area contributed by atoms with Crippen molar-refractivity contribution in [1.29, 1.82) is 0 Å². The predicted octanol–water partition coefficient (Wildman–Crippen LogP) is 2.74. The first-order valence-corrected chi connectivity index (χ1v) is 5.65. The van der Waals surface area contributed by atoms with E-state index in [1.807, 2.05) is 18.5 Å². The molecule has 1 radical (unpaired) electrons. The summed E-state index contributed by atoms with van der Waals surface area (Å²) in [6.45, 7) is 0.